The first-order valence-electron chi connectivity index (χ1n) is 4.77. The average Bonchev–Trinajstić information content (AvgIpc) is 2.26. The predicted octanol–water partition coefficient (Wildman–Crippen LogP) is 0.808. The Morgan fingerprint density at radius 3 is 2.94 bits per heavy atom. The molecule has 16 heavy (non-hydrogen) atoms. The Hall–Kier alpha value is -2.11. The highest BCUT2D eigenvalue weighted by Crippen LogP contribution is 2.03. The third-order valence-corrected chi connectivity index (χ3v) is 2.02. The fourth-order valence-electron chi connectivity index (χ4n) is 1.27. The molecule has 1 N–H and O–H groups in total. The normalized spacial score (nSPS) is 11.0. The Morgan fingerprint density at radius 1 is 1.69 bits per heavy atom. The molecule has 1 heterocycles. The van der Waals surface area contributed by atoms with Crippen LogP contribution in [0.5, 0.6) is 0 Å². The molecule has 0 aliphatic heterocycles. The van der Waals surface area contributed by atoms with Gasteiger partial charge in [-0.3, -0.25) is 15.1 Å². The number of nitrogens with one attached hydrogen (secondary N) is 1. The molecular weight excluding hydrogens is 208 g/mol. The SMILES string of the molecule is CN/C(=C\[N+](=O)[O-])N(C)Cc1ccccn1. The summed E-state index contributed by atoms with van der Waals surface area (Å²) in [7, 11) is 3.41. The fourth-order valence-corrected chi connectivity index (χ4v) is 1.27. The van der Waals surface area contributed by atoms with Crippen LogP contribution in [0.1, 0.15) is 5.69 Å². The number of pyridine rings is 1. The van der Waals surface area contributed by atoms with Crippen molar-refractivity contribution in [3.8, 4) is 0 Å². The zero-order valence-electron chi connectivity index (χ0n) is 9.25. The summed E-state index contributed by atoms with van der Waals surface area (Å²) in [5.74, 6) is 0.440. The molecule has 6 nitrogen and oxygen atoms in total. The first-order valence-corrected chi connectivity index (χ1v) is 4.77. The molecule has 6 heteroatoms. The van der Waals surface area contributed by atoms with Gasteiger partial charge in [-0.2, -0.15) is 0 Å². The van der Waals surface area contributed by atoms with E-state index in [9.17, 15) is 10.1 Å². The Bertz CT molecular complexity index is 378. The Balaban J connectivity index is 2.70. The van der Waals surface area contributed by atoms with E-state index in [1.165, 1.54) is 0 Å². The molecule has 0 bridgehead atoms. The third-order valence-electron chi connectivity index (χ3n) is 2.02. The van der Waals surface area contributed by atoms with Crippen molar-refractivity contribution in [1.29, 1.82) is 0 Å². The van der Waals surface area contributed by atoms with Crippen LogP contribution in [0.25, 0.3) is 0 Å². The van der Waals surface area contributed by atoms with Gasteiger partial charge in [-0.05, 0) is 12.1 Å². The van der Waals surface area contributed by atoms with Crippen molar-refractivity contribution >= 4 is 0 Å². The number of hydrogen-bond acceptors (Lipinski definition) is 5. The van der Waals surface area contributed by atoms with Crippen molar-refractivity contribution in [2.45, 2.75) is 6.54 Å². The molecular formula is C10H14N4O2. The van der Waals surface area contributed by atoms with Crippen molar-refractivity contribution < 1.29 is 4.92 Å². The molecule has 0 fully saturated rings. The van der Waals surface area contributed by atoms with Gasteiger partial charge in [0.2, 0.25) is 0 Å². The van der Waals surface area contributed by atoms with E-state index in [0.29, 0.717) is 12.4 Å². The lowest BCUT2D eigenvalue weighted by molar-refractivity contribution is -0.404. The van der Waals surface area contributed by atoms with E-state index >= 15 is 0 Å². The minimum atomic E-state index is -0.485. The van der Waals surface area contributed by atoms with Gasteiger partial charge in [0, 0.05) is 20.3 Å². The highest BCUT2D eigenvalue weighted by atomic mass is 16.6. The summed E-state index contributed by atoms with van der Waals surface area (Å²) < 4.78 is 0. The second-order valence-electron chi connectivity index (χ2n) is 3.23. The largest absolute Gasteiger partial charge is 0.370 e. The van der Waals surface area contributed by atoms with E-state index in [4.69, 9.17) is 0 Å². The van der Waals surface area contributed by atoms with Gasteiger partial charge in [0.05, 0.1) is 17.2 Å². The van der Waals surface area contributed by atoms with Crippen LogP contribution in [0.2, 0.25) is 0 Å². The van der Waals surface area contributed by atoms with Crippen molar-refractivity contribution in [3.63, 3.8) is 0 Å². The Labute approximate surface area is 93.7 Å². The maximum atomic E-state index is 10.4. The lowest BCUT2D eigenvalue weighted by Crippen LogP contribution is -2.27. The molecule has 0 saturated heterocycles. The maximum Gasteiger partial charge on any atom is 0.274 e. The topological polar surface area (TPSA) is 71.3 Å². The van der Waals surface area contributed by atoms with Crippen molar-refractivity contribution in [2.75, 3.05) is 14.1 Å². The molecule has 0 amide bonds. The molecule has 0 aliphatic rings. The summed E-state index contributed by atoms with van der Waals surface area (Å²) in [4.78, 5) is 15.8. The van der Waals surface area contributed by atoms with Crippen LogP contribution in [-0.2, 0) is 6.54 Å². The maximum absolute atomic E-state index is 10.4. The molecule has 1 aromatic rings. The predicted molar refractivity (Wildman–Crippen MR) is 59.8 cm³/mol. The van der Waals surface area contributed by atoms with E-state index in [1.807, 2.05) is 18.2 Å². The highest BCUT2D eigenvalue weighted by molar-refractivity contribution is 5.05. The molecule has 0 saturated carbocycles. The fraction of sp³-hybridized carbons (Fsp3) is 0.300. The smallest absolute Gasteiger partial charge is 0.274 e. The average molecular weight is 222 g/mol. The van der Waals surface area contributed by atoms with Crippen LogP contribution in [0.3, 0.4) is 0 Å². The van der Waals surface area contributed by atoms with Gasteiger partial charge in [-0.1, -0.05) is 6.07 Å². The van der Waals surface area contributed by atoms with Gasteiger partial charge >= 0.3 is 0 Å². The summed E-state index contributed by atoms with van der Waals surface area (Å²) in [6, 6.07) is 5.58. The van der Waals surface area contributed by atoms with Gasteiger partial charge in [0.15, 0.2) is 5.82 Å². The van der Waals surface area contributed by atoms with Crippen LogP contribution in [0, 0.1) is 10.1 Å². The van der Waals surface area contributed by atoms with Gasteiger partial charge in [-0.15, -0.1) is 0 Å². The first kappa shape index (κ1) is 12.0. The number of nitrogens with zero attached hydrogens (tertiary/aromatic N) is 3. The van der Waals surface area contributed by atoms with Crippen LogP contribution < -0.4 is 5.32 Å². The number of aromatic nitrogens is 1. The molecule has 0 radical (unpaired) electrons. The van der Waals surface area contributed by atoms with E-state index in [2.05, 4.69) is 10.3 Å². The zero-order valence-corrected chi connectivity index (χ0v) is 9.25. The van der Waals surface area contributed by atoms with Gasteiger partial charge < -0.3 is 10.2 Å². The first-order chi connectivity index (χ1) is 7.63. The summed E-state index contributed by atoms with van der Waals surface area (Å²) in [5.41, 5.74) is 0.856. The van der Waals surface area contributed by atoms with Crippen LogP contribution in [-0.4, -0.2) is 28.9 Å². The third kappa shape index (κ3) is 3.56. The standard InChI is InChI=1S/C10H14N4O2/c1-11-10(8-14(15)16)13(2)7-9-5-3-4-6-12-9/h3-6,8,11H,7H2,1-2H3/b10-8+. The van der Waals surface area contributed by atoms with E-state index < -0.39 is 4.92 Å². The van der Waals surface area contributed by atoms with Crippen LogP contribution in [0.4, 0.5) is 0 Å². The number of rotatable bonds is 5. The molecule has 0 unspecified atom stereocenters. The zero-order chi connectivity index (χ0) is 12.0. The lowest BCUT2D eigenvalue weighted by Gasteiger charge is -2.19. The number of hydrogen-bond donors (Lipinski definition) is 1. The minimum absolute atomic E-state index is 0.440. The monoisotopic (exact) mass is 222 g/mol. The summed E-state index contributed by atoms with van der Waals surface area (Å²) in [5, 5.41) is 13.1. The number of nitro groups is 1. The van der Waals surface area contributed by atoms with E-state index in [1.54, 1.807) is 25.2 Å². The summed E-state index contributed by atoms with van der Waals surface area (Å²) >= 11 is 0. The van der Waals surface area contributed by atoms with Crippen molar-refractivity contribution in [2.24, 2.45) is 0 Å². The lowest BCUT2D eigenvalue weighted by atomic mass is 10.3. The molecule has 86 valence electrons. The second kappa shape index (κ2) is 5.69. The quantitative estimate of drug-likeness (QED) is 0.589. The molecule has 0 aromatic carbocycles. The van der Waals surface area contributed by atoms with Gasteiger partial charge in [-0.25, -0.2) is 0 Å². The highest BCUT2D eigenvalue weighted by Gasteiger charge is 2.08. The Kier molecular flexibility index (Phi) is 4.26. The molecule has 0 spiro atoms. The summed E-state index contributed by atoms with van der Waals surface area (Å²) in [6.45, 7) is 0.515. The van der Waals surface area contributed by atoms with E-state index in [-0.39, 0.29) is 0 Å². The molecule has 0 atom stereocenters. The molecule has 0 aliphatic carbocycles. The van der Waals surface area contributed by atoms with E-state index in [0.717, 1.165) is 11.9 Å². The van der Waals surface area contributed by atoms with Crippen molar-refractivity contribution in [1.82, 2.24) is 15.2 Å². The van der Waals surface area contributed by atoms with Crippen molar-refractivity contribution in [3.05, 3.63) is 52.2 Å². The second-order valence-corrected chi connectivity index (χ2v) is 3.23. The molecule has 1 rings (SSSR count). The minimum Gasteiger partial charge on any atom is -0.370 e. The van der Waals surface area contributed by atoms with Crippen LogP contribution in [0.15, 0.2) is 36.4 Å². The molecule has 1 aromatic heterocycles. The Morgan fingerprint density at radius 2 is 2.44 bits per heavy atom. The summed E-state index contributed by atoms with van der Waals surface area (Å²) in [6.07, 6.45) is 2.63. The van der Waals surface area contributed by atoms with Gasteiger partial charge in [0.1, 0.15) is 0 Å². The van der Waals surface area contributed by atoms with Gasteiger partial charge in [0.25, 0.3) is 6.20 Å². The van der Waals surface area contributed by atoms with Crippen LogP contribution >= 0.6 is 0 Å².